The molecule has 4 aliphatic rings. The van der Waals surface area contributed by atoms with Gasteiger partial charge in [0.2, 0.25) is 5.91 Å². The smallest absolute Gasteiger partial charge is 0.223 e. The minimum atomic E-state index is -0.943. The summed E-state index contributed by atoms with van der Waals surface area (Å²) in [6.07, 6.45) is 3.62. The van der Waals surface area contributed by atoms with Gasteiger partial charge in [0.25, 0.3) is 0 Å². The van der Waals surface area contributed by atoms with Crippen molar-refractivity contribution in [1.82, 2.24) is 9.80 Å². The second kappa shape index (κ2) is 8.74. The largest absolute Gasteiger partial charge is 0.504 e. The van der Waals surface area contributed by atoms with Crippen LogP contribution in [0.5, 0.6) is 11.5 Å². The van der Waals surface area contributed by atoms with Crippen molar-refractivity contribution >= 4 is 5.91 Å². The summed E-state index contributed by atoms with van der Waals surface area (Å²) in [6, 6.07) is 12.0. The van der Waals surface area contributed by atoms with E-state index in [1.807, 2.05) is 6.07 Å². The van der Waals surface area contributed by atoms with Crippen molar-refractivity contribution in [1.29, 1.82) is 0 Å². The third kappa shape index (κ3) is 3.55. The topological polar surface area (TPSA) is 73.2 Å². The van der Waals surface area contributed by atoms with Crippen LogP contribution in [0.15, 0.2) is 36.4 Å². The van der Waals surface area contributed by atoms with Gasteiger partial charge >= 0.3 is 0 Å². The van der Waals surface area contributed by atoms with Gasteiger partial charge in [-0.3, -0.25) is 4.79 Å². The molecule has 198 valence electrons. The van der Waals surface area contributed by atoms with Crippen molar-refractivity contribution in [2.45, 2.75) is 88.5 Å². The molecule has 1 spiro atoms. The molecule has 6 heteroatoms. The maximum atomic E-state index is 13.9. The van der Waals surface area contributed by atoms with E-state index in [1.54, 1.807) is 6.07 Å². The van der Waals surface area contributed by atoms with E-state index in [9.17, 15) is 15.0 Å². The Balaban J connectivity index is 1.38. The van der Waals surface area contributed by atoms with Gasteiger partial charge in [0.15, 0.2) is 11.5 Å². The Kier molecular flexibility index (Phi) is 5.85. The van der Waals surface area contributed by atoms with E-state index in [0.29, 0.717) is 43.9 Å². The molecule has 2 heterocycles. The van der Waals surface area contributed by atoms with Crippen molar-refractivity contribution in [3.63, 3.8) is 0 Å². The number of phenols is 1. The number of hydrogen-bond acceptors (Lipinski definition) is 5. The van der Waals surface area contributed by atoms with E-state index in [2.05, 4.69) is 61.9 Å². The second-order valence-corrected chi connectivity index (χ2v) is 12.4. The fourth-order valence-electron chi connectivity index (χ4n) is 8.12. The summed E-state index contributed by atoms with van der Waals surface area (Å²) >= 11 is 0. The van der Waals surface area contributed by atoms with Crippen LogP contribution in [0.1, 0.15) is 61.8 Å². The molecular weight excluding hydrogens is 464 g/mol. The SMILES string of the molecule is Cc1cccc(CCC(=O)N(CC(C)C)C2CC[C@@]3(O)[C@H]4Cc5ccc(O)c6c5[C@@]3(CCN4C)C2O6)c1. The number of ether oxygens (including phenoxy) is 1. The van der Waals surface area contributed by atoms with Gasteiger partial charge in [-0.05, 0) is 75.7 Å². The molecule has 1 saturated carbocycles. The first-order valence-corrected chi connectivity index (χ1v) is 14.0. The first-order chi connectivity index (χ1) is 17.7. The zero-order chi connectivity index (χ0) is 26.1. The fraction of sp³-hybridized carbons (Fsp3) is 0.581. The lowest BCUT2D eigenvalue weighted by Crippen LogP contribution is -2.78. The van der Waals surface area contributed by atoms with E-state index >= 15 is 0 Å². The summed E-state index contributed by atoms with van der Waals surface area (Å²) in [7, 11) is 2.11. The molecule has 37 heavy (non-hydrogen) atoms. The van der Waals surface area contributed by atoms with Gasteiger partial charge in [-0.1, -0.05) is 49.7 Å². The van der Waals surface area contributed by atoms with Crippen LogP contribution < -0.4 is 4.74 Å². The first kappa shape index (κ1) is 24.7. The Morgan fingerprint density at radius 2 is 2.05 bits per heavy atom. The van der Waals surface area contributed by atoms with Crippen molar-refractivity contribution in [2.75, 3.05) is 20.1 Å². The third-order valence-electron chi connectivity index (χ3n) is 9.69. The molecule has 2 aromatic rings. The number of likely N-dealkylation sites (N-methyl/N-ethyl adjacent to an activating group) is 1. The van der Waals surface area contributed by atoms with E-state index in [4.69, 9.17) is 4.74 Å². The summed E-state index contributed by atoms with van der Waals surface area (Å²) in [6.45, 7) is 7.90. The van der Waals surface area contributed by atoms with Crippen LogP contribution in [-0.2, 0) is 23.1 Å². The zero-order valence-electron chi connectivity index (χ0n) is 22.5. The molecule has 2 unspecified atom stereocenters. The number of amides is 1. The number of likely N-dealkylation sites (tertiary alicyclic amines) is 1. The maximum Gasteiger partial charge on any atom is 0.223 e. The molecule has 6 nitrogen and oxygen atoms in total. The number of piperidine rings is 1. The second-order valence-electron chi connectivity index (χ2n) is 12.4. The number of rotatable bonds is 6. The predicted molar refractivity (Wildman–Crippen MR) is 143 cm³/mol. The summed E-state index contributed by atoms with van der Waals surface area (Å²) in [5.74, 6) is 1.13. The van der Waals surface area contributed by atoms with Gasteiger partial charge in [0.1, 0.15) is 6.10 Å². The van der Waals surface area contributed by atoms with E-state index in [0.717, 1.165) is 24.9 Å². The number of aliphatic hydroxyl groups is 1. The highest BCUT2D eigenvalue weighted by Crippen LogP contribution is 2.65. The fourth-order valence-corrected chi connectivity index (χ4v) is 8.12. The zero-order valence-corrected chi connectivity index (χ0v) is 22.5. The van der Waals surface area contributed by atoms with Gasteiger partial charge in [0, 0.05) is 24.6 Å². The molecule has 2 bridgehead atoms. The van der Waals surface area contributed by atoms with E-state index in [-0.39, 0.29) is 29.8 Å². The summed E-state index contributed by atoms with van der Waals surface area (Å²) in [5.41, 5.74) is 3.00. The van der Waals surface area contributed by atoms with Crippen LogP contribution in [0.2, 0.25) is 0 Å². The van der Waals surface area contributed by atoms with Gasteiger partial charge in [0.05, 0.1) is 17.1 Å². The number of phenolic OH excluding ortho intramolecular Hbond substituents is 1. The molecule has 2 aliphatic carbocycles. The number of nitrogens with zero attached hydrogens (tertiary/aromatic N) is 2. The highest BCUT2D eigenvalue weighted by Gasteiger charge is 2.73. The summed E-state index contributed by atoms with van der Waals surface area (Å²) in [5, 5.41) is 23.3. The van der Waals surface area contributed by atoms with Crippen molar-refractivity contribution in [2.24, 2.45) is 5.92 Å². The van der Waals surface area contributed by atoms with E-state index < -0.39 is 11.0 Å². The molecule has 2 N–H and O–H groups in total. The van der Waals surface area contributed by atoms with Crippen molar-refractivity contribution < 1.29 is 19.7 Å². The molecule has 1 amide bonds. The first-order valence-electron chi connectivity index (χ1n) is 14.0. The van der Waals surface area contributed by atoms with Crippen LogP contribution in [0.25, 0.3) is 0 Å². The predicted octanol–water partition coefficient (Wildman–Crippen LogP) is 3.97. The number of hydrogen-bond donors (Lipinski definition) is 2. The molecule has 1 saturated heterocycles. The summed E-state index contributed by atoms with van der Waals surface area (Å²) < 4.78 is 6.69. The molecule has 0 radical (unpaired) electrons. The molecule has 2 aliphatic heterocycles. The molecule has 2 fully saturated rings. The third-order valence-corrected chi connectivity index (χ3v) is 9.69. The van der Waals surface area contributed by atoms with Crippen LogP contribution in [-0.4, -0.2) is 69.8 Å². The maximum absolute atomic E-state index is 13.9. The molecular formula is C31H40N2O4. The van der Waals surface area contributed by atoms with Gasteiger partial charge in [-0.25, -0.2) is 0 Å². The highest BCUT2D eigenvalue weighted by atomic mass is 16.5. The van der Waals surface area contributed by atoms with Crippen LogP contribution in [0.3, 0.4) is 0 Å². The Labute approximate surface area is 220 Å². The lowest BCUT2D eigenvalue weighted by atomic mass is 9.48. The summed E-state index contributed by atoms with van der Waals surface area (Å²) in [4.78, 5) is 18.2. The number of aryl methyl sites for hydroxylation is 2. The minimum Gasteiger partial charge on any atom is -0.504 e. The average Bonchev–Trinajstić information content (AvgIpc) is 3.21. The molecule has 0 aromatic heterocycles. The molecule has 5 atom stereocenters. The quantitative estimate of drug-likeness (QED) is 0.623. The van der Waals surface area contributed by atoms with Crippen molar-refractivity contribution in [3.05, 3.63) is 58.7 Å². The van der Waals surface area contributed by atoms with Crippen molar-refractivity contribution in [3.8, 4) is 11.5 Å². The molecule has 6 rings (SSSR count). The lowest BCUT2D eigenvalue weighted by molar-refractivity contribution is -0.198. The van der Waals surface area contributed by atoms with Crippen LogP contribution in [0, 0.1) is 12.8 Å². The standard InChI is InChI=1S/C31H40N2O4/c1-19(2)18-33(26(35)11-8-21-7-5-6-20(3)16-21)23-12-13-31(36)25-17-22-9-10-24(34)28-27(22)30(31,29(23)37-28)14-15-32(25)4/h5-7,9-10,16,19,23,25,29,34,36H,8,11-15,17-18H2,1-4H3/t23?,25-,29?,30+,31-/m1/s1. The lowest BCUT2D eigenvalue weighted by Gasteiger charge is -2.64. The van der Waals surface area contributed by atoms with Gasteiger partial charge in [-0.15, -0.1) is 0 Å². The Morgan fingerprint density at radius 1 is 1.24 bits per heavy atom. The number of carbonyl (C=O) groups is 1. The molecule has 2 aromatic carbocycles. The Bertz CT molecular complexity index is 1230. The normalized spacial score (nSPS) is 31.7. The highest BCUT2D eigenvalue weighted by molar-refractivity contribution is 5.77. The Morgan fingerprint density at radius 3 is 2.81 bits per heavy atom. The van der Waals surface area contributed by atoms with Crippen LogP contribution in [0.4, 0.5) is 0 Å². The van der Waals surface area contributed by atoms with Crippen LogP contribution >= 0.6 is 0 Å². The number of carbonyl (C=O) groups excluding carboxylic acids is 1. The average molecular weight is 505 g/mol. The monoisotopic (exact) mass is 504 g/mol. The number of benzene rings is 2. The van der Waals surface area contributed by atoms with Gasteiger partial charge < -0.3 is 24.7 Å². The van der Waals surface area contributed by atoms with Gasteiger partial charge in [-0.2, -0.15) is 0 Å². The Hall–Kier alpha value is -2.57. The minimum absolute atomic E-state index is 0.00636. The number of aromatic hydroxyl groups is 1. The van der Waals surface area contributed by atoms with E-state index in [1.165, 1.54) is 16.7 Å².